The van der Waals surface area contributed by atoms with Crippen LogP contribution in [0.4, 0.5) is 0 Å². The maximum Gasteiger partial charge on any atom is 0.140 e. The first-order chi connectivity index (χ1) is 14.7. The van der Waals surface area contributed by atoms with Gasteiger partial charge in [0, 0.05) is 0 Å². The summed E-state index contributed by atoms with van der Waals surface area (Å²) < 4.78 is 2.09. The topological polar surface area (TPSA) is 30.7 Å². The van der Waals surface area contributed by atoms with Crippen LogP contribution in [0.15, 0.2) is 103 Å². The molecule has 0 fully saturated rings. The molecular weight excluding hydrogens is 366 g/mol. The van der Waals surface area contributed by atoms with Gasteiger partial charge in [0.2, 0.25) is 0 Å². The Morgan fingerprint density at radius 2 is 1.03 bits per heavy atom. The minimum absolute atomic E-state index is 0.639. The molecule has 0 spiro atoms. The van der Waals surface area contributed by atoms with E-state index in [1.807, 2.05) is 0 Å². The van der Waals surface area contributed by atoms with Gasteiger partial charge in [0.25, 0.3) is 0 Å². The summed E-state index contributed by atoms with van der Waals surface area (Å²) in [5, 5.41) is 9.32. The summed E-state index contributed by atoms with van der Waals surface area (Å²) in [6, 6.07) is 36.1. The molecule has 3 nitrogen and oxygen atoms in total. The van der Waals surface area contributed by atoms with Crippen LogP contribution in [-0.4, -0.2) is 15.0 Å². The van der Waals surface area contributed by atoms with Crippen molar-refractivity contribution < 1.29 is 0 Å². The molecule has 5 rings (SSSR count). The van der Waals surface area contributed by atoms with Gasteiger partial charge in [-0.3, -0.25) is 0 Å². The van der Waals surface area contributed by atoms with E-state index in [-0.39, 0.29) is 0 Å². The van der Waals surface area contributed by atoms with Crippen molar-refractivity contribution in [3.8, 4) is 0 Å². The first-order valence-corrected chi connectivity index (χ1v) is 10.2. The Hall–Kier alpha value is -3.72. The second-order valence-corrected chi connectivity index (χ2v) is 7.73. The fourth-order valence-electron chi connectivity index (χ4n) is 4.33. The Kier molecular flexibility index (Phi) is 4.44. The molecule has 0 unspecified atom stereocenters. The number of nitrogens with zero attached hydrogens (tertiary/aromatic N) is 3. The first kappa shape index (κ1) is 18.3. The number of fused-ring (bicyclic) bond motifs is 1. The van der Waals surface area contributed by atoms with E-state index in [2.05, 4.69) is 127 Å². The average molecular weight is 390 g/mol. The van der Waals surface area contributed by atoms with E-state index in [9.17, 15) is 0 Å². The number of rotatable bonds is 4. The van der Waals surface area contributed by atoms with Crippen molar-refractivity contribution in [2.75, 3.05) is 0 Å². The number of aromatic nitrogens is 3. The minimum Gasteiger partial charge on any atom is -0.225 e. The van der Waals surface area contributed by atoms with E-state index < -0.39 is 5.54 Å². The highest BCUT2D eigenvalue weighted by molar-refractivity contribution is 5.78. The van der Waals surface area contributed by atoms with E-state index in [0.29, 0.717) is 0 Å². The van der Waals surface area contributed by atoms with E-state index in [1.165, 1.54) is 11.1 Å². The van der Waals surface area contributed by atoms with Gasteiger partial charge in [-0.15, -0.1) is 5.10 Å². The van der Waals surface area contributed by atoms with E-state index in [1.54, 1.807) is 0 Å². The van der Waals surface area contributed by atoms with Crippen molar-refractivity contribution in [1.29, 1.82) is 0 Å². The Bertz CT molecular complexity index is 1190. The molecule has 30 heavy (non-hydrogen) atoms. The van der Waals surface area contributed by atoms with Crippen molar-refractivity contribution in [2.45, 2.75) is 19.4 Å². The molecule has 0 saturated carbocycles. The lowest BCUT2D eigenvalue weighted by molar-refractivity contribution is 0.460. The van der Waals surface area contributed by atoms with Crippen LogP contribution in [-0.2, 0) is 5.54 Å². The predicted octanol–water partition coefficient (Wildman–Crippen LogP) is 5.89. The molecule has 0 aliphatic rings. The van der Waals surface area contributed by atoms with E-state index in [0.717, 1.165) is 27.7 Å². The van der Waals surface area contributed by atoms with Crippen molar-refractivity contribution in [2.24, 2.45) is 0 Å². The smallest absolute Gasteiger partial charge is 0.140 e. The Balaban J connectivity index is 1.96. The SMILES string of the molecule is Cc1cc2nnn(C(c3ccccc3)(c3ccccc3)c3ccccc3)c2cc1C. The average Bonchev–Trinajstić information content (AvgIpc) is 3.20. The van der Waals surface area contributed by atoms with Crippen molar-refractivity contribution >= 4 is 11.0 Å². The van der Waals surface area contributed by atoms with Crippen LogP contribution < -0.4 is 0 Å². The molecule has 1 heterocycles. The number of hydrogen-bond donors (Lipinski definition) is 0. The molecule has 5 aromatic rings. The largest absolute Gasteiger partial charge is 0.225 e. The van der Waals surface area contributed by atoms with Gasteiger partial charge in [-0.1, -0.05) is 96.2 Å². The van der Waals surface area contributed by atoms with E-state index in [4.69, 9.17) is 5.21 Å². The molecule has 0 radical (unpaired) electrons. The van der Waals surface area contributed by atoms with Crippen LogP contribution in [0, 0.1) is 13.8 Å². The van der Waals surface area contributed by atoms with Crippen LogP contribution in [0.25, 0.3) is 11.0 Å². The standard InChI is InChI=1S/C27H23N3/c1-20-18-25-26(19-21(20)2)30(29-28-25)27(22-12-6-3-7-13-22,23-14-8-4-9-15-23)24-16-10-5-11-17-24/h3-19H,1-2H3. The van der Waals surface area contributed by atoms with E-state index >= 15 is 0 Å². The Labute approximate surface area is 176 Å². The molecule has 0 bridgehead atoms. The molecule has 0 amide bonds. The molecule has 0 N–H and O–H groups in total. The van der Waals surface area contributed by atoms with Gasteiger partial charge >= 0.3 is 0 Å². The molecular formula is C27H23N3. The third kappa shape index (κ3) is 2.74. The third-order valence-electron chi connectivity index (χ3n) is 5.95. The van der Waals surface area contributed by atoms with Crippen molar-refractivity contribution in [3.63, 3.8) is 0 Å². The van der Waals surface area contributed by atoms with Gasteiger partial charge < -0.3 is 0 Å². The first-order valence-electron chi connectivity index (χ1n) is 10.2. The molecule has 0 saturated heterocycles. The van der Waals surface area contributed by atoms with Crippen LogP contribution in [0.2, 0.25) is 0 Å². The van der Waals surface area contributed by atoms with Crippen LogP contribution in [0.3, 0.4) is 0 Å². The van der Waals surface area contributed by atoms with Crippen molar-refractivity contribution in [3.05, 3.63) is 131 Å². The quantitative estimate of drug-likeness (QED) is 0.359. The fourth-order valence-corrected chi connectivity index (χ4v) is 4.33. The van der Waals surface area contributed by atoms with Crippen molar-refractivity contribution in [1.82, 2.24) is 15.0 Å². The van der Waals surface area contributed by atoms with Gasteiger partial charge in [-0.05, 0) is 53.8 Å². The molecule has 0 aliphatic carbocycles. The minimum atomic E-state index is -0.639. The van der Waals surface area contributed by atoms with Gasteiger partial charge in [0.15, 0.2) is 0 Å². The second kappa shape index (κ2) is 7.27. The maximum absolute atomic E-state index is 4.75. The van der Waals surface area contributed by atoms with Gasteiger partial charge in [-0.25, -0.2) is 4.68 Å². The highest BCUT2D eigenvalue weighted by atomic mass is 15.5. The fraction of sp³-hybridized carbons (Fsp3) is 0.111. The second-order valence-electron chi connectivity index (χ2n) is 7.73. The molecule has 0 aliphatic heterocycles. The maximum atomic E-state index is 4.75. The number of hydrogen-bond acceptors (Lipinski definition) is 2. The van der Waals surface area contributed by atoms with Gasteiger partial charge in [-0.2, -0.15) is 0 Å². The van der Waals surface area contributed by atoms with Crippen LogP contribution in [0.1, 0.15) is 27.8 Å². The van der Waals surface area contributed by atoms with Gasteiger partial charge in [0.05, 0.1) is 5.52 Å². The summed E-state index contributed by atoms with van der Waals surface area (Å²) in [6.07, 6.45) is 0. The van der Waals surface area contributed by atoms with Crippen LogP contribution >= 0.6 is 0 Å². The lowest BCUT2D eigenvalue weighted by Crippen LogP contribution is -2.38. The summed E-state index contributed by atoms with van der Waals surface area (Å²) >= 11 is 0. The summed E-state index contributed by atoms with van der Waals surface area (Å²) in [7, 11) is 0. The predicted molar refractivity (Wildman–Crippen MR) is 122 cm³/mol. The summed E-state index contributed by atoms with van der Waals surface area (Å²) in [5.74, 6) is 0. The lowest BCUT2D eigenvalue weighted by Gasteiger charge is -2.36. The van der Waals surface area contributed by atoms with Crippen LogP contribution in [0.5, 0.6) is 0 Å². The Morgan fingerprint density at radius 1 is 0.600 bits per heavy atom. The molecule has 3 heteroatoms. The molecule has 0 atom stereocenters. The highest BCUT2D eigenvalue weighted by Gasteiger charge is 2.40. The monoisotopic (exact) mass is 389 g/mol. The summed E-state index contributed by atoms with van der Waals surface area (Å²) in [6.45, 7) is 4.26. The Morgan fingerprint density at radius 3 is 1.50 bits per heavy atom. The molecule has 4 aromatic carbocycles. The molecule has 146 valence electrons. The molecule has 1 aromatic heterocycles. The third-order valence-corrected chi connectivity index (χ3v) is 5.95. The zero-order valence-corrected chi connectivity index (χ0v) is 17.2. The zero-order valence-electron chi connectivity index (χ0n) is 17.2. The lowest BCUT2D eigenvalue weighted by atomic mass is 9.77. The number of benzene rings is 4. The number of aryl methyl sites for hydroxylation is 2. The zero-order chi connectivity index (χ0) is 20.6. The highest BCUT2D eigenvalue weighted by Crippen LogP contribution is 2.41. The summed E-state index contributed by atoms with van der Waals surface area (Å²) in [5.41, 5.74) is 7.18. The summed E-state index contributed by atoms with van der Waals surface area (Å²) in [4.78, 5) is 0. The van der Waals surface area contributed by atoms with Gasteiger partial charge in [0.1, 0.15) is 11.1 Å². The normalized spacial score (nSPS) is 11.7.